The van der Waals surface area contributed by atoms with Gasteiger partial charge in [-0.15, -0.1) is 0 Å². The van der Waals surface area contributed by atoms with Crippen LogP contribution in [-0.4, -0.2) is 29.0 Å². The summed E-state index contributed by atoms with van der Waals surface area (Å²) < 4.78 is 83.2. The maximum absolute atomic E-state index is 14.6. The van der Waals surface area contributed by atoms with Crippen LogP contribution < -0.4 is 10.8 Å². The summed E-state index contributed by atoms with van der Waals surface area (Å²) in [5.41, 5.74) is -3.99. The van der Waals surface area contributed by atoms with E-state index in [2.05, 4.69) is 5.32 Å². The number of carbonyl (C=O) groups is 1. The molecule has 170 valence electrons. The third kappa shape index (κ3) is 3.47. The van der Waals surface area contributed by atoms with Gasteiger partial charge in [0, 0.05) is 18.3 Å². The van der Waals surface area contributed by atoms with Gasteiger partial charge in [-0.3, -0.25) is 4.79 Å². The van der Waals surface area contributed by atoms with Gasteiger partial charge in [0.15, 0.2) is 0 Å². The number of halogens is 6. The first-order valence-corrected chi connectivity index (χ1v) is 9.94. The Labute approximate surface area is 179 Å². The molecule has 1 amide bonds. The minimum Gasteiger partial charge on any atom is -0.423 e. The van der Waals surface area contributed by atoms with E-state index in [9.17, 15) is 41.2 Å². The van der Waals surface area contributed by atoms with Crippen LogP contribution in [0.2, 0.25) is 0 Å². The summed E-state index contributed by atoms with van der Waals surface area (Å²) in [4.78, 5) is 13.3. The van der Waals surface area contributed by atoms with Gasteiger partial charge >= 0.3 is 13.3 Å². The molecule has 2 aromatic carbocycles. The Morgan fingerprint density at radius 1 is 1.06 bits per heavy atom. The highest BCUT2D eigenvalue weighted by Gasteiger charge is 2.57. The van der Waals surface area contributed by atoms with Crippen molar-refractivity contribution in [1.29, 1.82) is 0 Å². The highest BCUT2D eigenvalue weighted by atomic mass is 19.4. The van der Waals surface area contributed by atoms with Crippen LogP contribution in [0, 0.1) is 11.7 Å². The Hall–Kier alpha value is -2.53. The van der Waals surface area contributed by atoms with Crippen molar-refractivity contribution in [3.05, 3.63) is 58.9 Å². The van der Waals surface area contributed by atoms with Gasteiger partial charge in [0.1, 0.15) is 11.2 Å². The number of carbonyl (C=O) groups excluding carboxylic acids is 1. The second-order valence-electron chi connectivity index (χ2n) is 8.23. The van der Waals surface area contributed by atoms with Crippen LogP contribution in [0.1, 0.15) is 42.4 Å². The average molecular weight is 457 g/mol. The lowest BCUT2D eigenvalue weighted by Crippen LogP contribution is -2.46. The molecular weight excluding hydrogens is 439 g/mol. The fourth-order valence-electron chi connectivity index (χ4n) is 4.97. The van der Waals surface area contributed by atoms with Crippen molar-refractivity contribution in [2.45, 2.75) is 43.2 Å². The summed E-state index contributed by atoms with van der Waals surface area (Å²) in [6.45, 7) is 0. The van der Waals surface area contributed by atoms with Gasteiger partial charge in [0.25, 0.3) is 0 Å². The van der Waals surface area contributed by atoms with Gasteiger partial charge in [0.05, 0.1) is 11.3 Å². The smallest absolute Gasteiger partial charge is 0.423 e. The van der Waals surface area contributed by atoms with Crippen LogP contribution in [0.3, 0.4) is 0 Å². The predicted octanol–water partition coefficient (Wildman–Crippen LogP) is 3.59. The SMILES string of the molecule is O=C1Nc2c(C(F)(F)F)cccc2[C@@]1(c1ccc(B(O)O)c(F)c1)C1CCC(F)(F)CC1. The van der Waals surface area contributed by atoms with E-state index in [4.69, 9.17) is 0 Å². The maximum Gasteiger partial charge on any atom is 0.491 e. The normalized spacial score (nSPS) is 23.1. The lowest BCUT2D eigenvalue weighted by atomic mass is 9.61. The summed E-state index contributed by atoms with van der Waals surface area (Å²) in [6.07, 6.45) is -6.23. The van der Waals surface area contributed by atoms with Gasteiger partial charge in [-0.1, -0.05) is 24.3 Å². The molecule has 32 heavy (non-hydrogen) atoms. The molecule has 0 spiro atoms. The molecule has 1 aliphatic carbocycles. The van der Waals surface area contributed by atoms with E-state index in [1.165, 1.54) is 12.1 Å². The van der Waals surface area contributed by atoms with E-state index in [1.54, 1.807) is 0 Å². The zero-order valence-electron chi connectivity index (χ0n) is 16.5. The molecule has 1 saturated carbocycles. The number of anilines is 1. The lowest BCUT2D eigenvalue weighted by molar-refractivity contribution is -0.136. The summed E-state index contributed by atoms with van der Waals surface area (Å²) in [5.74, 6) is -5.72. The molecule has 2 aliphatic rings. The summed E-state index contributed by atoms with van der Waals surface area (Å²) in [6, 6.07) is 6.33. The minimum absolute atomic E-state index is 0.0369. The van der Waals surface area contributed by atoms with Crippen LogP contribution in [0.5, 0.6) is 0 Å². The fourth-order valence-corrected chi connectivity index (χ4v) is 4.97. The fraction of sp³-hybridized carbons (Fsp3) is 0.381. The monoisotopic (exact) mass is 457 g/mol. The molecule has 0 radical (unpaired) electrons. The number of nitrogens with one attached hydrogen (secondary N) is 1. The zero-order valence-corrected chi connectivity index (χ0v) is 16.5. The molecule has 11 heteroatoms. The van der Waals surface area contributed by atoms with Gasteiger partial charge in [0.2, 0.25) is 11.8 Å². The largest absolute Gasteiger partial charge is 0.491 e. The number of rotatable bonds is 3. The summed E-state index contributed by atoms with van der Waals surface area (Å²) in [5, 5.41) is 20.9. The molecule has 0 aromatic heterocycles. The third-order valence-electron chi connectivity index (χ3n) is 6.45. The Kier molecular flexibility index (Phi) is 5.32. The second kappa shape index (κ2) is 7.52. The molecule has 3 N–H and O–H groups in total. The van der Waals surface area contributed by atoms with Crippen molar-refractivity contribution in [1.82, 2.24) is 0 Å². The summed E-state index contributed by atoms with van der Waals surface area (Å²) in [7, 11) is -2.14. The minimum atomic E-state index is -4.79. The van der Waals surface area contributed by atoms with Crippen LogP contribution in [0.25, 0.3) is 0 Å². The average Bonchev–Trinajstić information content (AvgIpc) is 2.99. The molecule has 1 aliphatic heterocycles. The standard InChI is InChI=1S/C21H18BF6NO3/c23-16-10-12(4-5-15(16)22(31)32)20(11-6-8-19(24,25)9-7-11)13-2-1-3-14(21(26,27)28)17(13)29-18(20)30/h1-5,10-11,31-32H,6-9H2,(H,29,30)/t20-/m0/s1. The van der Waals surface area contributed by atoms with Crippen LogP contribution in [-0.2, 0) is 16.4 Å². The highest BCUT2D eigenvalue weighted by Crippen LogP contribution is 2.55. The van der Waals surface area contributed by atoms with E-state index in [1.807, 2.05) is 0 Å². The van der Waals surface area contributed by atoms with Gasteiger partial charge < -0.3 is 15.4 Å². The molecule has 4 rings (SSSR count). The molecule has 0 saturated heterocycles. The number of hydrogen-bond donors (Lipinski definition) is 3. The van der Waals surface area contributed by atoms with Crippen LogP contribution >= 0.6 is 0 Å². The molecule has 2 aromatic rings. The molecule has 0 unspecified atom stereocenters. The first kappa shape index (κ1) is 22.7. The van der Waals surface area contributed by atoms with Crippen molar-refractivity contribution in [3.63, 3.8) is 0 Å². The zero-order chi connectivity index (χ0) is 23.5. The molecule has 1 heterocycles. The van der Waals surface area contributed by atoms with Crippen molar-refractivity contribution in [3.8, 4) is 0 Å². The predicted molar refractivity (Wildman–Crippen MR) is 104 cm³/mol. The van der Waals surface area contributed by atoms with Gasteiger partial charge in [-0.25, -0.2) is 13.2 Å². The van der Waals surface area contributed by atoms with E-state index >= 15 is 0 Å². The maximum atomic E-state index is 14.6. The van der Waals surface area contributed by atoms with E-state index in [-0.39, 0.29) is 24.0 Å². The van der Waals surface area contributed by atoms with Crippen LogP contribution in [0.15, 0.2) is 36.4 Å². The number of para-hydroxylation sites is 1. The first-order chi connectivity index (χ1) is 14.9. The van der Waals surface area contributed by atoms with Gasteiger partial charge in [-0.2, -0.15) is 13.2 Å². The lowest BCUT2D eigenvalue weighted by Gasteiger charge is -2.40. The van der Waals surface area contributed by atoms with Crippen molar-refractivity contribution in [2.24, 2.45) is 5.92 Å². The van der Waals surface area contributed by atoms with Crippen molar-refractivity contribution in [2.75, 3.05) is 5.32 Å². The van der Waals surface area contributed by atoms with Crippen molar-refractivity contribution >= 4 is 24.2 Å². The van der Waals surface area contributed by atoms with E-state index in [0.29, 0.717) is 0 Å². The number of alkyl halides is 5. The van der Waals surface area contributed by atoms with Crippen LogP contribution in [0.4, 0.5) is 32.0 Å². The topological polar surface area (TPSA) is 69.6 Å². The Morgan fingerprint density at radius 2 is 1.72 bits per heavy atom. The van der Waals surface area contributed by atoms with Gasteiger partial charge in [-0.05, 0) is 42.0 Å². The quantitative estimate of drug-likeness (QED) is 0.488. The molecule has 4 nitrogen and oxygen atoms in total. The molecular formula is C21H18BF6NO3. The number of amides is 1. The van der Waals surface area contributed by atoms with E-state index < -0.39 is 71.8 Å². The summed E-state index contributed by atoms with van der Waals surface area (Å²) >= 11 is 0. The Bertz CT molecular complexity index is 1060. The number of hydrogen-bond acceptors (Lipinski definition) is 3. The van der Waals surface area contributed by atoms with Crippen molar-refractivity contribution < 1.29 is 41.2 Å². The highest BCUT2D eigenvalue weighted by molar-refractivity contribution is 6.58. The molecule has 0 bridgehead atoms. The number of fused-ring (bicyclic) bond motifs is 1. The first-order valence-electron chi connectivity index (χ1n) is 9.94. The Morgan fingerprint density at radius 3 is 2.28 bits per heavy atom. The molecule has 1 atom stereocenters. The molecule has 1 fully saturated rings. The third-order valence-corrected chi connectivity index (χ3v) is 6.45. The number of benzene rings is 2. The van der Waals surface area contributed by atoms with E-state index in [0.717, 1.165) is 24.3 Å². The second-order valence-corrected chi connectivity index (χ2v) is 8.23. The Balaban J connectivity index is 1.96.